The van der Waals surface area contributed by atoms with E-state index in [0.29, 0.717) is 17.0 Å². The first-order chi connectivity index (χ1) is 13.4. The molecule has 0 bridgehead atoms. The highest BCUT2D eigenvalue weighted by molar-refractivity contribution is 8.19. The predicted molar refractivity (Wildman–Crippen MR) is 106 cm³/mol. The average Bonchev–Trinajstić information content (AvgIpc) is 2.96. The van der Waals surface area contributed by atoms with Crippen LogP contribution < -0.4 is 14.4 Å². The number of methoxy groups -OCH3 is 1. The van der Waals surface area contributed by atoms with Gasteiger partial charge in [0.05, 0.1) is 17.7 Å². The van der Waals surface area contributed by atoms with E-state index in [1.54, 1.807) is 48.5 Å². The van der Waals surface area contributed by atoms with E-state index in [9.17, 15) is 14.4 Å². The van der Waals surface area contributed by atoms with Crippen molar-refractivity contribution in [2.45, 2.75) is 13.0 Å². The van der Waals surface area contributed by atoms with Crippen LogP contribution >= 0.6 is 11.8 Å². The van der Waals surface area contributed by atoms with Crippen LogP contribution in [0.25, 0.3) is 6.08 Å². The number of rotatable bonds is 6. The molecule has 2 aromatic rings. The fourth-order valence-corrected chi connectivity index (χ4v) is 3.40. The molecule has 2 aromatic carbocycles. The van der Waals surface area contributed by atoms with Crippen LogP contribution in [0.4, 0.5) is 10.5 Å². The number of carbonyl (C=O) groups is 3. The Hall–Kier alpha value is -3.26. The first-order valence-electron chi connectivity index (χ1n) is 8.32. The molecule has 0 saturated carbocycles. The summed E-state index contributed by atoms with van der Waals surface area (Å²) in [4.78, 5) is 37.6. The summed E-state index contributed by atoms with van der Waals surface area (Å²) in [6, 6.07) is 13.6. The van der Waals surface area contributed by atoms with Gasteiger partial charge < -0.3 is 14.6 Å². The molecule has 8 heteroatoms. The maximum Gasteiger partial charge on any atom is 0.344 e. The maximum absolute atomic E-state index is 12.8. The number of carbonyl (C=O) groups excluding carboxylic acids is 2. The molecular weight excluding hydrogens is 382 g/mol. The molecule has 7 nitrogen and oxygen atoms in total. The third kappa shape index (κ3) is 3.86. The monoisotopic (exact) mass is 399 g/mol. The third-order valence-corrected chi connectivity index (χ3v) is 4.84. The molecule has 1 saturated heterocycles. The van der Waals surface area contributed by atoms with E-state index in [0.717, 1.165) is 16.7 Å². The fraction of sp³-hybridized carbons (Fsp3) is 0.150. The van der Waals surface area contributed by atoms with Gasteiger partial charge in [0.15, 0.2) is 17.6 Å². The first-order valence-corrected chi connectivity index (χ1v) is 9.13. The van der Waals surface area contributed by atoms with Gasteiger partial charge in [-0.2, -0.15) is 0 Å². The zero-order valence-electron chi connectivity index (χ0n) is 15.1. The van der Waals surface area contributed by atoms with Crippen molar-refractivity contribution in [3.8, 4) is 11.5 Å². The topological polar surface area (TPSA) is 93.1 Å². The molecule has 0 aliphatic carbocycles. The summed E-state index contributed by atoms with van der Waals surface area (Å²) < 4.78 is 10.8. The standard InChI is InChI=1S/C20H17NO6S/c1-12(19(23)24)27-17-13(7-6-10-15(17)26-2)11-16-18(22)21(20(25)28-16)14-8-4-3-5-9-14/h3-12H,1-2H3,(H,23,24)/b16-11-/t12-/m1/s1. The number of para-hydroxylation sites is 2. The lowest BCUT2D eigenvalue weighted by atomic mass is 10.1. The van der Waals surface area contributed by atoms with Gasteiger partial charge in [-0.1, -0.05) is 30.3 Å². The number of amides is 2. The Morgan fingerprint density at radius 3 is 2.50 bits per heavy atom. The number of anilines is 1. The second-order valence-electron chi connectivity index (χ2n) is 5.83. The third-order valence-electron chi connectivity index (χ3n) is 3.97. The quantitative estimate of drug-likeness (QED) is 0.739. The minimum atomic E-state index is -1.14. The van der Waals surface area contributed by atoms with Crippen LogP contribution in [0.1, 0.15) is 12.5 Å². The molecule has 3 rings (SSSR count). The van der Waals surface area contributed by atoms with Crippen LogP contribution in [0.5, 0.6) is 11.5 Å². The Bertz CT molecular complexity index is 956. The summed E-state index contributed by atoms with van der Waals surface area (Å²) in [6.45, 7) is 1.39. The molecular formula is C20H17NO6S. The molecule has 0 unspecified atom stereocenters. The maximum atomic E-state index is 12.8. The van der Waals surface area contributed by atoms with Crippen LogP contribution in [0.15, 0.2) is 53.4 Å². The Morgan fingerprint density at radius 2 is 1.86 bits per heavy atom. The van der Waals surface area contributed by atoms with Crippen LogP contribution in [0.2, 0.25) is 0 Å². The van der Waals surface area contributed by atoms with Crippen molar-refractivity contribution < 1.29 is 29.0 Å². The minimum absolute atomic E-state index is 0.186. The van der Waals surface area contributed by atoms with Crippen LogP contribution in [-0.4, -0.2) is 35.4 Å². The van der Waals surface area contributed by atoms with Gasteiger partial charge in [-0.25, -0.2) is 9.69 Å². The molecule has 0 spiro atoms. The SMILES string of the molecule is COc1cccc(/C=C2\SC(=O)N(c3ccccc3)C2=O)c1O[C@H](C)C(=O)O. The molecule has 1 aliphatic rings. The van der Waals surface area contributed by atoms with E-state index in [1.807, 2.05) is 0 Å². The molecule has 28 heavy (non-hydrogen) atoms. The predicted octanol–water partition coefficient (Wildman–Crippen LogP) is 3.79. The molecule has 144 valence electrons. The molecule has 0 radical (unpaired) electrons. The molecule has 2 amide bonds. The number of aliphatic carboxylic acids is 1. The van der Waals surface area contributed by atoms with Crippen LogP contribution in [0, 0.1) is 0 Å². The fourth-order valence-electron chi connectivity index (χ4n) is 2.57. The number of carboxylic acid groups (broad SMARTS) is 1. The number of hydrogen-bond donors (Lipinski definition) is 1. The van der Waals surface area contributed by atoms with Crippen molar-refractivity contribution in [2.24, 2.45) is 0 Å². The summed E-state index contributed by atoms with van der Waals surface area (Å²) in [7, 11) is 1.43. The van der Waals surface area contributed by atoms with Crippen molar-refractivity contribution in [3.63, 3.8) is 0 Å². The number of nitrogens with zero attached hydrogens (tertiary/aromatic N) is 1. The highest BCUT2D eigenvalue weighted by Crippen LogP contribution is 2.39. The van der Waals surface area contributed by atoms with Gasteiger partial charge in [0.1, 0.15) is 0 Å². The Kier molecular flexibility index (Phi) is 5.70. The number of ether oxygens (including phenoxy) is 2. The largest absolute Gasteiger partial charge is 0.493 e. The first kappa shape index (κ1) is 19.5. The lowest BCUT2D eigenvalue weighted by molar-refractivity contribution is -0.144. The lowest BCUT2D eigenvalue weighted by Gasteiger charge is -2.16. The van der Waals surface area contributed by atoms with Crippen LogP contribution in [-0.2, 0) is 9.59 Å². The molecule has 1 N–H and O–H groups in total. The summed E-state index contributed by atoms with van der Waals surface area (Å²) >= 11 is 0.805. The Balaban J connectivity index is 1.98. The van der Waals surface area contributed by atoms with E-state index in [1.165, 1.54) is 20.1 Å². The van der Waals surface area contributed by atoms with E-state index < -0.39 is 23.2 Å². The smallest absolute Gasteiger partial charge is 0.344 e. The zero-order chi connectivity index (χ0) is 20.3. The van der Waals surface area contributed by atoms with Gasteiger partial charge in [-0.3, -0.25) is 9.59 Å². The van der Waals surface area contributed by atoms with Crippen molar-refractivity contribution in [1.82, 2.24) is 0 Å². The van der Waals surface area contributed by atoms with E-state index in [4.69, 9.17) is 14.6 Å². The molecule has 1 aliphatic heterocycles. The second-order valence-corrected chi connectivity index (χ2v) is 6.82. The van der Waals surface area contributed by atoms with Crippen molar-refractivity contribution in [1.29, 1.82) is 0 Å². The van der Waals surface area contributed by atoms with Crippen molar-refractivity contribution in [2.75, 3.05) is 12.0 Å². The van der Waals surface area contributed by atoms with Gasteiger partial charge in [0, 0.05) is 5.56 Å². The normalized spacial score (nSPS) is 16.4. The van der Waals surface area contributed by atoms with Crippen LogP contribution in [0.3, 0.4) is 0 Å². The molecule has 1 atom stereocenters. The van der Waals surface area contributed by atoms with Gasteiger partial charge in [-0.05, 0) is 43.0 Å². The van der Waals surface area contributed by atoms with E-state index in [-0.39, 0.29) is 10.7 Å². The summed E-state index contributed by atoms with van der Waals surface area (Å²) in [5.74, 6) is -1.09. The Labute approximate surface area is 165 Å². The lowest BCUT2D eigenvalue weighted by Crippen LogP contribution is -2.27. The van der Waals surface area contributed by atoms with E-state index in [2.05, 4.69) is 0 Å². The Morgan fingerprint density at radius 1 is 1.14 bits per heavy atom. The second kappa shape index (κ2) is 8.18. The van der Waals surface area contributed by atoms with Gasteiger partial charge in [0.2, 0.25) is 0 Å². The number of thioether (sulfide) groups is 1. The highest BCUT2D eigenvalue weighted by atomic mass is 32.2. The number of imide groups is 1. The number of carboxylic acids is 1. The zero-order valence-corrected chi connectivity index (χ0v) is 15.9. The summed E-state index contributed by atoms with van der Waals surface area (Å²) in [5, 5.41) is 8.72. The average molecular weight is 399 g/mol. The highest BCUT2D eigenvalue weighted by Gasteiger charge is 2.36. The van der Waals surface area contributed by atoms with Gasteiger partial charge in [0.25, 0.3) is 11.1 Å². The van der Waals surface area contributed by atoms with Gasteiger partial charge >= 0.3 is 5.97 Å². The summed E-state index contributed by atoms with van der Waals surface area (Å²) in [5.41, 5.74) is 0.918. The summed E-state index contributed by atoms with van der Waals surface area (Å²) in [6.07, 6.45) is 0.378. The minimum Gasteiger partial charge on any atom is -0.493 e. The number of hydrogen-bond acceptors (Lipinski definition) is 6. The number of benzene rings is 2. The molecule has 1 heterocycles. The van der Waals surface area contributed by atoms with Gasteiger partial charge in [-0.15, -0.1) is 0 Å². The molecule has 0 aromatic heterocycles. The van der Waals surface area contributed by atoms with Crippen molar-refractivity contribution >= 4 is 40.6 Å². The van der Waals surface area contributed by atoms with Crippen molar-refractivity contribution in [3.05, 3.63) is 59.0 Å². The van der Waals surface area contributed by atoms with E-state index >= 15 is 0 Å². The molecule has 1 fully saturated rings.